The number of halogens is 1. The zero-order chi connectivity index (χ0) is 8.10. The zero-order valence-corrected chi connectivity index (χ0v) is 8.62. The molecule has 1 unspecified atom stereocenters. The van der Waals surface area contributed by atoms with Gasteiger partial charge in [0, 0.05) is 11.1 Å². The van der Waals surface area contributed by atoms with Crippen LogP contribution in [0.1, 0.15) is 6.42 Å². The molecule has 0 aromatic carbocycles. The molecule has 0 bridgehead atoms. The van der Waals surface area contributed by atoms with Gasteiger partial charge >= 0.3 is 5.97 Å². The third-order valence-electron chi connectivity index (χ3n) is 1.58. The Balaban J connectivity index is 2.17. The van der Waals surface area contributed by atoms with Gasteiger partial charge < -0.3 is 4.74 Å². The van der Waals surface area contributed by atoms with Gasteiger partial charge in [0.25, 0.3) is 0 Å². The summed E-state index contributed by atoms with van der Waals surface area (Å²) in [5.74, 6) is 2.20. The molecule has 0 radical (unpaired) electrons. The van der Waals surface area contributed by atoms with Crippen molar-refractivity contribution in [1.82, 2.24) is 0 Å². The first-order chi connectivity index (χ1) is 5.34. The second kappa shape index (κ2) is 5.04. The molecular formula is C7H11BrO2S. The van der Waals surface area contributed by atoms with E-state index in [9.17, 15) is 4.79 Å². The number of alkyl halides is 1. The van der Waals surface area contributed by atoms with Gasteiger partial charge in [-0.2, -0.15) is 11.8 Å². The van der Waals surface area contributed by atoms with E-state index in [-0.39, 0.29) is 11.9 Å². The molecule has 1 aliphatic rings. The predicted molar refractivity (Wildman–Crippen MR) is 50.2 cm³/mol. The number of hydrogen-bond acceptors (Lipinski definition) is 3. The van der Waals surface area contributed by atoms with Crippen LogP contribution in [-0.2, 0) is 9.53 Å². The summed E-state index contributed by atoms with van der Waals surface area (Å²) in [4.78, 5) is 11.1. The maximum Gasteiger partial charge on any atom is 0.309 e. The molecule has 0 aromatic heterocycles. The van der Waals surface area contributed by atoms with E-state index in [0.29, 0.717) is 6.61 Å². The SMILES string of the molecule is O=C(OCCBr)C1CCSC1. The zero-order valence-electron chi connectivity index (χ0n) is 6.22. The molecule has 64 valence electrons. The third kappa shape index (κ3) is 3.03. The van der Waals surface area contributed by atoms with Crippen molar-refractivity contribution in [1.29, 1.82) is 0 Å². The molecule has 1 rings (SSSR count). The first-order valence-corrected chi connectivity index (χ1v) is 5.92. The summed E-state index contributed by atoms with van der Waals surface area (Å²) in [7, 11) is 0. The van der Waals surface area contributed by atoms with Crippen LogP contribution in [0.25, 0.3) is 0 Å². The van der Waals surface area contributed by atoms with E-state index in [4.69, 9.17) is 4.74 Å². The van der Waals surface area contributed by atoms with E-state index in [0.717, 1.165) is 23.3 Å². The second-order valence-corrected chi connectivity index (χ2v) is 4.36. The van der Waals surface area contributed by atoms with Crippen LogP contribution in [0.5, 0.6) is 0 Å². The molecule has 0 saturated carbocycles. The van der Waals surface area contributed by atoms with Gasteiger partial charge in [-0.3, -0.25) is 4.79 Å². The Kier molecular flexibility index (Phi) is 4.30. The highest BCUT2D eigenvalue weighted by atomic mass is 79.9. The van der Waals surface area contributed by atoms with Crippen molar-refractivity contribution in [2.75, 3.05) is 23.4 Å². The minimum Gasteiger partial charge on any atom is -0.465 e. The number of ether oxygens (including phenoxy) is 1. The van der Waals surface area contributed by atoms with Gasteiger partial charge in [-0.15, -0.1) is 0 Å². The van der Waals surface area contributed by atoms with Gasteiger partial charge in [0.1, 0.15) is 6.61 Å². The van der Waals surface area contributed by atoms with Crippen LogP contribution < -0.4 is 0 Å². The average Bonchev–Trinajstić information content (AvgIpc) is 2.52. The topological polar surface area (TPSA) is 26.3 Å². The van der Waals surface area contributed by atoms with E-state index in [1.165, 1.54) is 0 Å². The fraction of sp³-hybridized carbons (Fsp3) is 0.857. The van der Waals surface area contributed by atoms with Crippen molar-refractivity contribution in [3.05, 3.63) is 0 Å². The lowest BCUT2D eigenvalue weighted by Crippen LogP contribution is -2.17. The van der Waals surface area contributed by atoms with E-state index in [1.54, 1.807) is 0 Å². The standard InChI is InChI=1S/C7H11BrO2S/c8-2-3-10-7(9)6-1-4-11-5-6/h6H,1-5H2. The molecule has 1 aliphatic heterocycles. The lowest BCUT2D eigenvalue weighted by atomic mass is 10.1. The Morgan fingerprint density at radius 3 is 3.09 bits per heavy atom. The maximum atomic E-state index is 11.1. The molecule has 1 fully saturated rings. The molecular weight excluding hydrogens is 228 g/mol. The molecule has 1 saturated heterocycles. The van der Waals surface area contributed by atoms with Gasteiger partial charge in [0.15, 0.2) is 0 Å². The number of thioether (sulfide) groups is 1. The van der Waals surface area contributed by atoms with E-state index in [2.05, 4.69) is 15.9 Å². The van der Waals surface area contributed by atoms with Gasteiger partial charge in [-0.25, -0.2) is 0 Å². The van der Waals surface area contributed by atoms with Crippen LogP contribution in [0, 0.1) is 5.92 Å². The molecule has 0 aliphatic carbocycles. The van der Waals surface area contributed by atoms with E-state index >= 15 is 0 Å². The van der Waals surface area contributed by atoms with E-state index in [1.807, 2.05) is 11.8 Å². The van der Waals surface area contributed by atoms with Crippen LogP contribution in [-0.4, -0.2) is 29.4 Å². The van der Waals surface area contributed by atoms with Crippen molar-refractivity contribution in [2.45, 2.75) is 6.42 Å². The summed E-state index contributed by atoms with van der Waals surface area (Å²) in [6, 6.07) is 0. The lowest BCUT2D eigenvalue weighted by Gasteiger charge is -2.06. The number of hydrogen-bond donors (Lipinski definition) is 0. The van der Waals surface area contributed by atoms with Crippen molar-refractivity contribution in [3.63, 3.8) is 0 Å². The minimum absolute atomic E-state index is 0.0190. The van der Waals surface area contributed by atoms with Crippen molar-refractivity contribution >= 4 is 33.7 Å². The molecule has 4 heteroatoms. The number of rotatable bonds is 3. The second-order valence-electron chi connectivity index (χ2n) is 2.42. The third-order valence-corrected chi connectivity index (χ3v) is 3.07. The maximum absolute atomic E-state index is 11.1. The monoisotopic (exact) mass is 238 g/mol. The summed E-state index contributed by atoms with van der Waals surface area (Å²) >= 11 is 5.04. The van der Waals surface area contributed by atoms with Crippen LogP contribution in [0.3, 0.4) is 0 Å². The smallest absolute Gasteiger partial charge is 0.309 e. The first-order valence-electron chi connectivity index (χ1n) is 3.65. The molecule has 1 heterocycles. The highest BCUT2D eigenvalue weighted by Gasteiger charge is 2.24. The molecule has 1 atom stereocenters. The summed E-state index contributed by atoms with van der Waals surface area (Å²) < 4.78 is 4.98. The van der Waals surface area contributed by atoms with Crippen LogP contribution in [0.4, 0.5) is 0 Å². The Morgan fingerprint density at radius 1 is 1.73 bits per heavy atom. The number of carbonyl (C=O) groups excluding carboxylic acids is 1. The Labute approximate surface area is 79.2 Å². The van der Waals surface area contributed by atoms with Crippen LogP contribution in [0.2, 0.25) is 0 Å². The summed E-state index contributed by atoms with van der Waals surface area (Å²) in [5, 5.41) is 0.735. The summed E-state index contributed by atoms with van der Waals surface area (Å²) in [5.41, 5.74) is 0. The van der Waals surface area contributed by atoms with Gasteiger partial charge in [-0.05, 0) is 12.2 Å². The largest absolute Gasteiger partial charge is 0.465 e. The first kappa shape index (κ1) is 9.39. The molecule has 0 aromatic rings. The molecule has 0 amide bonds. The summed E-state index contributed by atoms with van der Waals surface area (Å²) in [6.45, 7) is 0.500. The minimum atomic E-state index is -0.0190. The number of carbonyl (C=O) groups is 1. The van der Waals surface area contributed by atoms with Crippen molar-refractivity contribution in [2.24, 2.45) is 5.92 Å². The Bertz CT molecular complexity index is 134. The highest BCUT2D eigenvalue weighted by Crippen LogP contribution is 2.24. The van der Waals surface area contributed by atoms with Crippen LogP contribution in [0.15, 0.2) is 0 Å². The van der Waals surface area contributed by atoms with Gasteiger partial charge in [0.05, 0.1) is 5.92 Å². The highest BCUT2D eigenvalue weighted by molar-refractivity contribution is 9.09. The van der Waals surface area contributed by atoms with Crippen LogP contribution >= 0.6 is 27.7 Å². The van der Waals surface area contributed by atoms with E-state index < -0.39 is 0 Å². The molecule has 2 nitrogen and oxygen atoms in total. The normalized spacial score (nSPS) is 23.5. The fourth-order valence-electron chi connectivity index (χ4n) is 0.977. The van der Waals surface area contributed by atoms with Crippen molar-refractivity contribution < 1.29 is 9.53 Å². The molecule has 0 N–H and O–H groups in total. The Hall–Kier alpha value is 0.300. The average molecular weight is 239 g/mol. The lowest BCUT2D eigenvalue weighted by molar-refractivity contribution is -0.146. The Morgan fingerprint density at radius 2 is 2.55 bits per heavy atom. The van der Waals surface area contributed by atoms with Crippen molar-refractivity contribution in [3.8, 4) is 0 Å². The van der Waals surface area contributed by atoms with Gasteiger partial charge in [-0.1, -0.05) is 15.9 Å². The fourth-order valence-corrected chi connectivity index (χ4v) is 2.34. The quantitative estimate of drug-likeness (QED) is 0.553. The molecule has 11 heavy (non-hydrogen) atoms. The number of esters is 1. The summed E-state index contributed by atoms with van der Waals surface area (Å²) in [6.07, 6.45) is 0.992. The molecule has 0 spiro atoms. The van der Waals surface area contributed by atoms with Gasteiger partial charge in [0.2, 0.25) is 0 Å². The predicted octanol–water partition coefficient (Wildman–Crippen LogP) is 1.68.